The van der Waals surface area contributed by atoms with Crippen molar-refractivity contribution in [3.05, 3.63) is 47.7 Å². The van der Waals surface area contributed by atoms with Gasteiger partial charge in [0.2, 0.25) is 0 Å². The Hall–Kier alpha value is -2.54. The number of carbonyl (C=O) groups excluding carboxylic acids is 1. The molecule has 7 heteroatoms. The topological polar surface area (TPSA) is 82.5 Å². The molecule has 2 aliphatic rings. The highest BCUT2D eigenvalue weighted by Crippen LogP contribution is 2.30. The Bertz CT molecular complexity index is 809. The number of rotatable bonds is 2. The molecule has 0 bridgehead atoms. The maximum absolute atomic E-state index is 12.7. The molecular formula is C19H23N5O2. The van der Waals surface area contributed by atoms with Gasteiger partial charge >= 0.3 is 0 Å². The molecule has 0 aromatic carbocycles. The van der Waals surface area contributed by atoms with Gasteiger partial charge in [-0.2, -0.15) is 0 Å². The summed E-state index contributed by atoms with van der Waals surface area (Å²) in [6.07, 6.45) is 7.29. The van der Waals surface area contributed by atoms with Crippen LogP contribution in [-0.2, 0) is 13.0 Å². The van der Waals surface area contributed by atoms with Gasteiger partial charge in [-0.05, 0) is 38.3 Å². The van der Waals surface area contributed by atoms with Gasteiger partial charge in [-0.3, -0.25) is 9.78 Å². The predicted molar refractivity (Wildman–Crippen MR) is 96.8 cm³/mol. The summed E-state index contributed by atoms with van der Waals surface area (Å²) < 4.78 is 0. The summed E-state index contributed by atoms with van der Waals surface area (Å²) in [4.78, 5) is 29.6. The molecule has 136 valence electrons. The van der Waals surface area contributed by atoms with E-state index in [1.165, 1.54) is 0 Å². The van der Waals surface area contributed by atoms with Gasteiger partial charge in [0.15, 0.2) is 0 Å². The molecule has 0 spiro atoms. The number of amides is 1. The van der Waals surface area contributed by atoms with Crippen LogP contribution in [0.15, 0.2) is 30.9 Å². The van der Waals surface area contributed by atoms with E-state index in [1.54, 1.807) is 30.9 Å². The van der Waals surface area contributed by atoms with Crippen LogP contribution in [0.25, 0.3) is 0 Å². The minimum absolute atomic E-state index is 0.0233. The number of hydrogen-bond acceptors (Lipinski definition) is 6. The summed E-state index contributed by atoms with van der Waals surface area (Å²) in [5.74, 6) is 0.883. The second-order valence-electron chi connectivity index (χ2n) is 7.36. The number of aliphatic hydroxyl groups is 1. The Balaban J connectivity index is 1.57. The van der Waals surface area contributed by atoms with Gasteiger partial charge in [0.1, 0.15) is 12.1 Å². The number of β-amino-alcohol motifs (C(OH)–C–C–N with tert-alkyl or cyclic N) is 1. The van der Waals surface area contributed by atoms with Crippen molar-refractivity contribution in [3.8, 4) is 0 Å². The van der Waals surface area contributed by atoms with Gasteiger partial charge in [-0.1, -0.05) is 0 Å². The van der Waals surface area contributed by atoms with Crippen LogP contribution in [0.4, 0.5) is 5.82 Å². The summed E-state index contributed by atoms with van der Waals surface area (Å²) in [7, 11) is 0. The van der Waals surface area contributed by atoms with Crippen LogP contribution in [0.5, 0.6) is 0 Å². The standard InChI is InChI=1S/C19H23N5O2/c1-19(26)6-3-8-24(12-19)17-15-5-9-23(11-16(15)21-13-22-17)18(25)14-4-2-7-20-10-14/h2,4,7,10,13,26H,3,5-6,8-9,11-12H2,1H3. The van der Waals surface area contributed by atoms with Crippen LogP contribution < -0.4 is 4.90 Å². The largest absolute Gasteiger partial charge is 0.388 e. The molecule has 1 N–H and O–H groups in total. The quantitative estimate of drug-likeness (QED) is 0.879. The maximum Gasteiger partial charge on any atom is 0.255 e. The highest BCUT2D eigenvalue weighted by molar-refractivity contribution is 5.94. The molecule has 7 nitrogen and oxygen atoms in total. The first-order chi connectivity index (χ1) is 12.5. The van der Waals surface area contributed by atoms with Crippen molar-refractivity contribution < 1.29 is 9.90 Å². The number of fused-ring (bicyclic) bond motifs is 1. The smallest absolute Gasteiger partial charge is 0.255 e. The minimum atomic E-state index is -0.687. The zero-order valence-electron chi connectivity index (χ0n) is 14.9. The molecule has 1 amide bonds. The summed E-state index contributed by atoms with van der Waals surface area (Å²) in [6, 6.07) is 3.56. The molecule has 2 aromatic heterocycles. The van der Waals surface area contributed by atoms with Crippen molar-refractivity contribution in [2.45, 2.75) is 38.3 Å². The molecule has 26 heavy (non-hydrogen) atoms. The van der Waals surface area contributed by atoms with Crippen LogP contribution >= 0.6 is 0 Å². The van der Waals surface area contributed by atoms with Crippen LogP contribution in [0.2, 0.25) is 0 Å². The number of carbonyl (C=O) groups is 1. The van der Waals surface area contributed by atoms with E-state index in [4.69, 9.17) is 0 Å². The fourth-order valence-electron chi connectivity index (χ4n) is 3.86. The zero-order valence-corrected chi connectivity index (χ0v) is 14.9. The maximum atomic E-state index is 12.7. The average molecular weight is 353 g/mol. The molecule has 1 atom stereocenters. The third-order valence-electron chi connectivity index (χ3n) is 5.15. The monoisotopic (exact) mass is 353 g/mol. The Labute approximate surface area is 152 Å². The summed E-state index contributed by atoms with van der Waals surface area (Å²) in [5, 5.41) is 10.4. The predicted octanol–water partition coefficient (Wildman–Crippen LogP) is 1.42. The second kappa shape index (κ2) is 6.64. The van der Waals surface area contributed by atoms with E-state index < -0.39 is 5.60 Å². The third kappa shape index (κ3) is 3.26. The first-order valence-electron chi connectivity index (χ1n) is 9.03. The highest BCUT2D eigenvalue weighted by atomic mass is 16.3. The lowest BCUT2D eigenvalue weighted by atomic mass is 9.94. The fourth-order valence-corrected chi connectivity index (χ4v) is 3.86. The third-order valence-corrected chi connectivity index (χ3v) is 5.15. The van der Waals surface area contributed by atoms with Gasteiger partial charge < -0.3 is 14.9 Å². The van der Waals surface area contributed by atoms with Crippen LogP contribution in [-0.4, -0.2) is 56.1 Å². The van der Waals surface area contributed by atoms with Gasteiger partial charge in [-0.15, -0.1) is 0 Å². The Morgan fingerprint density at radius 3 is 2.96 bits per heavy atom. The van der Waals surface area contributed by atoms with Crippen molar-refractivity contribution >= 4 is 11.7 Å². The van der Waals surface area contributed by atoms with Gasteiger partial charge in [-0.25, -0.2) is 9.97 Å². The SMILES string of the molecule is CC1(O)CCCN(c2ncnc3c2CCN(C(=O)c2cccnc2)C3)C1. The summed E-state index contributed by atoms with van der Waals surface area (Å²) in [5.41, 5.74) is 1.90. The van der Waals surface area contributed by atoms with Gasteiger partial charge in [0.05, 0.1) is 23.4 Å². The molecule has 2 aromatic rings. The van der Waals surface area contributed by atoms with E-state index in [0.717, 1.165) is 42.9 Å². The minimum Gasteiger partial charge on any atom is -0.388 e. The average Bonchev–Trinajstić information content (AvgIpc) is 2.66. The van der Waals surface area contributed by atoms with Crippen LogP contribution in [0, 0.1) is 0 Å². The number of pyridine rings is 1. The van der Waals surface area contributed by atoms with Crippen molar-refractivity contribution in [2.75, 3.05) is 24.5 Å². The van der Waals surface area contributed by atoms with Crippen molar-refractivity contribution in [3.63, 3.8) is 0 Å². The van der Waals surface area contributed by atoms with E-state index in [0.29, 0.717) is 25.2 Å². The normalized spacial score (nSPS) is 22.8. The van der Waals surface area contributed by atoms with E-state index >= 15 is 0 Å². The molecule has 4 rings (SSSR count). The Morgan fingerprint density at radius 2 is 2.19 bits per heavy atom. The molecule has 1 saturated heterocycles. The molecule has 1 fully saturated rings. The Morgan fingerprint density at radius 1 is 1.31 bits per heavy atom. The first-order valence-corrected chi connectivity index (χ1v) is 9.03. The van der Waals surface area contributed by atoms with Gasteiger partial charge in [0, 0.05) is 37.6 Å². The number of aromatic nitrogens is 3. The lowest BCUT2D eigenvalue weighted by Gasteiger charge is -2.39. The molecule has 0 aliphatic carbocycles. The molecular weight excluding hydrogens is 330 g/mol. The lowest BCUT2D eigenvalue weighted by molar-refractivity contribution is 0.0446. The van der Waals surface area contributed by atoms with Crippen LogP contribution in [0.1, 0.15) is 41.4 Å². The number of anilines is 1. The molecule has 4 heterocycles. The van der Waals surface area contributed by atoms with Crippen LogP contribution in [0.3, 0.4) is 0 Å². The van der Waals surface area contributed by atoms with E-state index in [2.05, 4.69) is 19.9 Å². The van der Waals surface area contributed by atoms with E-state index in [9.17, 15) is 9.90 Å². The first kappa shape index (κ1) is 16.9. The van der Waals surface area contributed by atoms with Gasteiger partial charge in [0.25, 0.3) is 5.91 Å². The number of piperidine rings is 1. The van der Waals surface area contributed by atoms with E-state index in [-0.39, 0.29) is 5.91 Å². The number of hydrogen-bond donors (Lipinski definition) is 1. The molecule has 1 unspecified atom stereocenters. The summed E-state index contributed by atoms with van der Waals surface area (Å²) >= 11 is 0. The fraction of sp³-hybridized carbons (Fsp3) is 0.474. The van der Waals surface area contributed by atoms with Crippen molar-refractivity contribution in [1.29, 1.82) is 0 Å². The zero-order chi connectivity index (χ0) is 18.1. The molecule has 0 saturated carbocycles. The molecule has 0 radical (unpaired) electrons. The molecule has 2 aliphatic heterocycles. The highest BCUT2D eigenvalue weighted by Gasteiger charge is 2.32. The second-order valence-corrected chi connectivity index (χ2v) is 7.36. The number of nitrogens with zero attached hydrogens (tertiary/aromatic N) is 5. The lowest BCUT2D eigenvalue weighted by Crippen LogP contribution is -2.47. The van der Waals surface area contributed by atoms with E-state index in [1.807, 2.05) is 11.8 Å². The van der Waals surface area contributed by atoms with Crippen molar-refractivity contribution in [2.24, 2.45) is 0 Å². The van der Waals surface area contributed by atoms with Crippen molar-refractivity contribution in [1.82, 2.24) is 19.9 Å². The Kier molecular flexibility index (Phi) is 4.32. The summed E-state index contributed by atoms with van der Waals surface area (Å²) in [6.45, 7) is 4.45.